The minimum absolute atomic E-state index is 0.0769. The summed E-state index contributed by atoms with van der Waals surface area (Å²) in [5.74, 6) is 0.375. The van der Waals surface area contributed by atoms with Gasteiger partial charge in [-0.1, -0.05) is 0 Å². The zero-order valence-corrected chi connectivity index (χ0v) is 14.9. The van der Waals surface area contributed by atoms with Crippen molar-refractivity contribution < 1.29 is 17.9 Å². The highest BCUT2D eigenvalue weighted by atomic mass is 19.4. The van der Waals surface area contributed by atoms with Crippen molar-refractivity contribution in [2.45, 2.75) is 6.18 Å². The van der Waals surface area contributed by atoms with Crippen LogP contribution in [-0.4, -0.2) is 42.3 Å². The van der Waals surface area contributed by atoms with Crippen molar-refractivity contribution in [3.8, 4) is 34.2 Å². The first-order chi connectivity index (χ1) is 14.0. The number of benzene rings is 1. The summed E-state index contributed by atoms with van der Waals surface area (Å²) in [5.41, 5.74) is -0.607. The Morgan fingerprint density at radius 2 is 1.72 bits per heavy atom. The van der Waals surface area contributed by atoms with Crippen LogP contribution in [0, 0.1) is 0 Å². The molecule has 0 aliphatic carbocycles. The molecule has 0 radical (unpaired) electrons. The summed E-state index contributed by atoms with van der Waals surface area (Å²) in [4.78, 5) is 11.7. The molecule has 8 nitrogen and oxygen atoms in total. The first kappa shape index (κ1) is 18.5. The van der Waals surface area contributed by atoms with Gasteiger partial charge < -0.3 is 4.74 Å². The van der Waals surface area contributed by atoms with Crippen LogP contribution >= 0.6 is 0 Å². The summed E-state index contributed by atoms with van der Waals surface area (Å²) < 4.78 is 47.6. The highest BCUT2D eigenvalue weighted by Gasteiger charge is 2.38. The molecule has 4 aromatic rings. The average molecular weight is 399 g/mol. The van der Waals surface area contributed by atoms with Gasteiger partial charge in [-0.25, -0.2) is 9.97 Å². The number of aromatic nitrogens is 7. The normalized spacial score (nSPS) is 11.4. The largest absolute Gasteiger partial charge is 0.497 e. The Hall–Kier alpha value is -3.89. The molecule has 0 spiro atoms. The fraction of sp³-hybridized carbons (Fsp3) is 0.111. The molecule has 0 unspecified atom stereocenters. The van der Waals surface area contributed by atoms with E-state index in [0.29, 0.717) is 17.0 Å². The number of alkyl halides is 3. The van der Waals surface area contributed by atoms with Crippen LogP contribution in [-0.2, 0) is 6.18 Å². The van der Waals surface area contributed by atoms with E-state index in [1.54, 1.807) is 24.3 Å². The number of nitrogens with zero attached hydrogens (tertiary/aromatic N) is 7. The molecule has 3 aromatic heterocycles. The van der Waals surface area contributed by atoms with Gasteiger partial charge in [-0.3, -0.25) is 4.98 Å². The Labute approximate surface area is 162 Å². The minimum Gasteiger partial charge on any atom is -0.497 e. The van der Waals surface area contributed by atoms with Gasteiger partial charge in [0.25, 0.3) is 0 Å². The van der Waals surface area contributed by atoms with Crippen LogP contribution in [0.5, 0.6) is 5.75 Å². The number of ether oxygens (including phenoxy) is 1. The van der Waals surface area contributed by atoms with Crippen molar-refractivity contribution in [2.24, 2.45) is 0 Å². The highest BCUT2D eigenvalue weighted by molar-refractivity contribution is 5.63. The molecule has 0 N–H and O–H groups in total. The van der Waals surface area contributed by atoms with Crippen LogP contribution in [0.2, 0.25) is 0 Å². The van der Waals surface area contributed by atoms with Gasteiger partial charge in [-0.15, -0.1) is 5.10 Å². The van der Waals surface area contributed by atoms with Gasteiger partial charge in [0, 0.05) is 24.2 Å². The second-order valence-electron chi connectivity index (χ2n) is 5.80. The zero-order valence-electron chi connectivity index (χ0n) is 14.9. The van der Waals surface area contributed by atoms with Crippen molar-refractivity contribution in [1.82, 2.24) is 35.2 Å². The number of tetrazole rings is 1. The zero-order chi connectivity index (χ0) is 20.4. The predicted molar refractivity (Wildman–Crippen MR) is 95.0 cm³/mol. The number of rotatable bonds is 4. The van der Waals surface area contributed by atoms with E-state index in [9.17, 15) is 13.2 Å². The van der Waals surface area contributed by atoms with E-state index >= 15 is 0 Å². The summed E-state index contributed by atoms with van der Waals surface area (Å²) in [6.07, 6.45) is -0.776. The summed E-state index contributed by atoms with van der Waals surface area (Å²) in [5, 5.41) is 11.1. The number of halogens is 3. The van der Waals surface area contributed by atoms with Gasteiger partial charge in [-0.05, 0) is 46.8 Å². The fourth-order valence-electron chi connectivity index (χ4n) is 2.65. The third kappa shape index (κ3) is 3.61. The molecule has 4 rings (SSSR count). The molecule has 0 bridgehead atoms. The number of hydrogen-bond donors (Lipinski definition) is 0. The van der Waals surface area contributed by atoms with Gasteiger partial charge in [0.15, 0.2) is 17.3 Å². The van der Waals surface area contributed by atoms with Crippen molar-refractivity contribution in [1.29, 1.82) is 0 Å². The molecule has 0 amide bonds. The lowest BCUT2D eigenvalue weighted by molar-refractivity contribution is -0.140. The summed E-state index contributed by atoms with van der Waals surface area (Å²) in [6.45, 7) is 0. The Balaban J connectivity index is 1.84. The lowest BCUT2D eigenvalue weighted by Gasteiger charge is -2.13. The Bertz CT molecular complexity index is 1130. The van der Waals surface area contributed by atoms with Crippen LogP contribution in [0.15, 0.2) is 55.0 Å². The minimum atomic E-state index is -4.74. The van der Waals surface area contributed by atoms with E-state index in [2.05, 4.69) is 30.5 Å². The molecule has 0 atom stereocenters. The van der Waals surface area contributed by atoms with Crippen molar-refractivity contribution >= 4 is 0 Å². The monoisotopic (exact) mass is 399 g/mol. The summed E-state index contributed by atoms with van der Waals surface area (Å²) in [6, 6.07) is 9.59. The Morgan fingerprint density at radius 3 is 2.38 bits per heavy atom. The maximum atomic E-state index is 13.8. The molecule has 146 valence electrons. The second-order valence-corrected chi connectivity index (χ2v) is 5.80. The molecule has 29 heavy (non-hydrogen) atoms. The van der Waals surface area contributed by atoms with Crippen molar-refractivity contribution in [3.05, 3.63) is 60.7 Å². The Morgan fingerprint density at radius 1 is 1.00 bits per heavy atom. The van der Waals surface area contributed by atoms with Crippen LogP contribution in [0.3, 0.4) is 0 Å². The Kier molecular flexibility index (Phi) is 4.63. The maximum Gasteiger partial charge on any atom is 0.434 e. The standard InChI is InChI=1S/C18H12F3N7O/c1-29-13-4-2-12(3-5-13)28-17(25-26-27-28)14-10-23-16(11-6-8-22-9-7-11)24-15(14)18(19,20)21/h2-10H,1H3. The first-order valence-corrected chi connectivity index (χ1v) is 8.25. The number of methoxy groups -OCH3 is 1. The number of hydrogen-bond acceptors (Lipinski definition) is 7. The summed E-state index contributed by atoms with van der Waals surface area (Å²) >= 11 is 0. The van der Waals surface area contributed by atoms with Crippen molar-refractivity contribution in [3.63, 3.8) is 0 Å². The molecule has 0 fully saturated rings. The predicted octanol–water partition coefficient (Wildman–Crippen LogP) is 3.21. The maximum absolute atomic E-state index is 13.8. The average Bonchev–Trinajstić information content (AvgIpc) is 3.23. The van der Waals surface area contributed by atoms with Gasteiger partial charge in [0.2, 0.25) is 0 Å². The highest BCUT2D eigenvalue weighted by Crippen LogP contribution is 2.36. The summed E-state index contributed by atoms with van der Waals surface area (Å²) in [7, 11) is 1.51. The molecule has 11 heteroatoms. The third-order valence-corrected chi connectivity index (χ3v) is 4.02. The van der Waals surface area contributed by atoms with E-state index in [1.807, 2.05) is 0 Å². The van der Waals surface area contributed by atoms with E-state index in [-0.39, 0.29) is 17.2 Å². The first-order valence-electron chi connectivity index (χ1n) is 8.25. The van der Waals surface area contributed by atoms with Gasteiger partial charge >= 0.3 is 6.18 Å². The van der Waals surface area contributed by atoms with E-state index in [0.717, 1.165) is 6.20 Å². The topological polar surface area (TPSA) is 91.5 Å². The molecule has 0 saturated carbocycles. The molecule has 0 saturated heterocycles. The lowest BCUT2D eigenvalue weighted by Crippen LogP contribution is -2.13. The lowest BCUT2D eigenvalue weighted by atomic mass is 10.1. The van der Waals surface area contributed by atoms with E-state index in [4.69, 9.17) is 4.74 Å². The van der Waals surface area contributed by atoms with Crippen LogP contribution in [0.25, 0.3) is 28.5 Å². The van der Waals surface area contributed by atoms with Crippen LogP contribution in [0.1, 0.15) is 5.69 Å². The molecule has 3 heterocycles. The van der Waals surface area contributed by atoms with Gasteiger partial charge in [0.1, 0.15) is 5.75 Å². The molecule has 1 aromatic carbocycles. The van der Waals surface area contributed by atoms with Crippen molar-refractivity contribution in [2.75, 3.05) is 7.11 Å². The van der Waals surface area contributed by atoms with Gasteiger partial charge in [-0.2, -0.15) is 17.9 Å². The van der Waals surface area contributed by atoms with Crippen LogP contribution < -0.4 is 4.74 Å². The molecular formula is C18H12F3N7O. The molecular weight excluding hydrogens is 387 g/mol. The van der Waals surface area contributed by atoms with Gasteiger partial charge in [0.05, 0.1) is 18.4 Å². The number of pyridine rings is 1. The quantitative estimate of drug-likeness (QED) is 0.520. The fourth-order valence-corrected chi connectivity index (χ4v) is 2.65. The van der Waals surface area contributed by atoms with E-state index in [1.165, 1.54) is 36.3 Å². The second kappa shape index (κ2) is 7.26. The molecule has 0 aliphatic rings. The SMILES string of the molecule is COc1ccc(-n2nnnc2-c2cnc(-c3ccncc3)nc2C(F)(F)F)cc1. The third-order valence-electron chi connectivity index (χ3n) is 4.02. The smallest absolute Gasteiger partial charge is 0.434 e. The molecule has 0 aliphatic heterocycles. The van der Waals surface area contributed by atoms with E-state index < -0.39 is 11.9 Å². The van der Waals surface area contributed by atoms with Crippen LogP contribution in [0.4, 0.5) is 13.2 Å².